The van der Waals surface area contributed by atoms with Gasteiger partial charge in [-0.25, -0.2) is 9.36 Å². The number of phosphoric ester groups is 1. The van der Waals surface area contributed by atoms with Gasteiger partial charge < -0.3 is 14.4 Å². The number of carbonyl (C=O) groups is 2. The molecule has 0 radical (unpaired) electrons. The summed E-state index contributed by atoms with van der Waals surface area (Å²) >= 11 is 0. The van der Waals surface area contributed by atoms with Crippen LogP contribution in [0.15, 0.2) is 0 Å². The molecule has 0 aliphatic carbocycles. The highest BCUT2D eigenvalue weighted by Crippen LogP contribution is 2.50. The summed E-state index contributed by atoms with van der Waals surface area (Å²) in [4.78, 5) is 26.3. The molecule has 0 spiro atoms. The molecule has 9 nitrogen and oxygen atoms in total. The highest BCUT2D eigenvalue weighted by atomic mass is 31.2. The number of ether oxygens (including phenoxy) is 2. The minimum Gasteiger partial charge on any atom is -0.466 e. The summed E-state index contributed by atoms with van der Waals surface area (Å²) in [5, 5.41) is 0. The maximum atomic E-state index is 12.5. The van der Waals surface area contributed by atoms with E-state index < -0.39 is 31.4 Å². The molecule has 2 atom stereocenters. The molecule has 1 aliphatic rings. The van der Waals surface area contributed by atoms with Crippen LogP contribution < -0.4 is 0 Å². The van der Waals surface area contributed by atoms with E-state index in [2.05, 4.69) is 0 Å². The van der Waals surface area contributed by atoms with Gasteiger partial charge in [0.1, 0.15) is 5.60 Å². The van der Waals surface area contributed by atoms with Gasteiger partial charge in [-0.3, -0.25) is 18.4 Å². The lowest BCUT2D eigenvalue weighted by atomic mass is 9.86. The van der Waals surface area contributed by atoms with Gasteiger partial charge in [0.15, 0.2) is 0 Å². The summed E-state index contributed by atoms with van der Waals surface area (Å²) < 4.78 is 38.8. The van der Waals surface area contributed by atoms with Gasteiger partial charge in [0.25, 0.3) is 0 Å². The summed E-state index contributed by atoms with van der Waals surface area (Å²) in [6, 6.07) is 0. The molecule has 1 amide bonds. The average molecular weight is 423 g/mol. The zero-order valence-corrected chi connectivity index (χ0v) is 18.7. The van der Waals surface area contributed by atoms with Crippen LogP contribution in [-0.2, 0) is 32.4 Å². The molecule has 164 valence electrons. The molecule has 2 unspecified atom stereocenters. The van der Waals surface area contributed by atoms with Crippen molar-refractivity contribution in [2.75, 3.05) is 39.5 Å². The molecule has 1 fully saturated rings. The number of rotatable bonds is 9. The fourth-order valence-electron chi connectivity index (χ4n) is 2.82. The van der Waals surface area contributed by atoms with E-state index in [1.165, 1.54) is 4.90 Å². The molecule has 0 saturated carbocycles. The number of hydrogen-bond acceptors (Lipinski definition) is 8. The van der Waals surface area contributed by atoms with E-state index in [0.29, 0.717) is 13.0 Å². The van der Waals surface area contributed by atoms with E-state index in [-0.39, 0.29) is 38.9 Å². The third-order valence-corrected chi connectivity index (χ3v) is 5.63. The largest absolute Gasteiger partial charge is 0.474 e. The summed E-state index contributed by atoms with van der Waals surface area (Å²) in [7, 11) is -3.68. The third-order valence-electron chi connectivity index (χ3n) is 4.02. The first-order valence-corrected chi connectivity index (χ1v) is 11.2. The van der Waals surface area contributed by atoms with E-state index in [0.717, 1.165) is 0 Å². The van der Waals surface area contributed by atoms with Crippen molar-refractivity contribution in [3.8, 4) is 0 Å². The summed E-state index contributed by atoms with van der Waals surface area (Å²) in [5.74, 6) is -1.32. The van der Waals surface area contributed by atoms with Crippen molar-refractivity contribution in [2.45, 2.75) is 53.6 Å². The quantitative estimate of drug-likeness (QED) is 0.409. The van der Waals surface area contributed by atoms with Crippen LogP contribution >= 0.6 is 7.82 Å². The van der Waals surface area contributed by atoms with E-state index in [9.17, 15) is 14.2 Å². The van der Waals surface area contributed by atoms with Crippen LogP contribution in [0.1, 0.15) is 48.0 Å². The number of amides is 1. The molecule has 0 aromatic rings. The Kier molecular flexibility index (Phi) is 9.90. The number of likely N-dealkylation sites (tertiary alicyclic amines) is 1. The molecule has 1 heterocycles. The van der Waals surface area contributed by atoms with Crippen LogP contribution in [0.5, 0.6) is 0 Å². The van der Waals surface area contributed by atoms with Crippen molar-refractivity contribution >= 4 is 19.9 Å². The number of phosphoric acid groups is 1. The lowest BCUT2D eigenvalue weighted by molar-refractivity contribution is -0.153. The van der Waals surface area contributed by atoms with E-state index >= 15 is 0 Å². The Balaban J connectivity index is 2.84. The smallest absolute Gasteiger partial charge is 0.466 e. The van der Waals surface area contributed by atoms with Crippen molar-refractivity contribution in [3.05, 3.63) is 0 Å². The summed E-state index contributed by atoms with van der Waals surface area (Å²) in [6.45, 7) is 11.6. The highest BCUT2D eigenvalue weighted by molar-refractivity contribution is 7.48. The SMILES string of the molecule is CCOC(=O)C1CN(C(=O)OC(C)(C)C)CCC1COP(=O)(OCC)OCC. The van der Waals surface area contributed by atoms with Crippen LogP contribution in [0.2, 0.25) is 0 Å². The molecule has 28 heavy (non-hydrogen) atoms. The second kappa shape index (κ2) is 11.1. The van der Waals surface area contributed by atoms with Crippen LogP contribution in [0, 0.1) is 11.8 Å². The van der Waals surface area contributed by atoms with Gasteiger partial charge in [-0.2, -0.15) is 0 Å². The van der Waals surface area contributed by atoms with Gasteiger partial charge in [-0.15, -0.1) is 0 Å². The standard InChI is InChI=1S/C18H34NO8P/c1-7-23-16(20)15-12-19(17(21)27-18(4,5)6)11-10-14(15)13-26-28(22,24-8-2)25-9-3/h14-15H,7-13H2,1-6H3. The Morgan fingerprint density at radius 1 is 1.04 bits per heavy atom. The normalized spacial score (nSPS) is 20.7. The third kappa shape index (κ3) is 8.07. The zero-order chi connectivity index (χ0) is 21.4. The lowest BCUT2D eigenvalue weighted by Crippen LogP contribution is -2.49. The number of carbonyl (C=O) groups excluding carboxylic acids is 2. The topological polar surface area (TPSA) is 101 Å². The minimum atomic E-state index is -3.68. The molecule has 0 aromatic heterocycles. The monoisotopic (exact) mass is 423 g/mol. The van der Waals surface area contributed by atoms with Gasteiger partial charge in [0.05, 0.1) is 32.3 Å². The maximum absolute atomic E-state index is 12.5. The second-order valence-corrected chi connectivity index (χ2v) is 9.08. The minimum absolute atomic E-state index is 0.00289. The van der Waals surface area contributed by atoms with Crippen molar-refractivity contribution < 1.29 is 37.2 Å². The average Bonchev–Trinajstić information content (AvgIpc) is 2.59. The number of nitrogens with zero attached hydrogens (tertiary/aromatic N) is 1. The second-order valence-electron chi connectivity index (χ2n) is 7.41. The Labute approximate surface area is 167 Å². The Bertz CT molecular complexity index is 552. The molecule has 0 bridgehead atoms. The molecule has 10 heteroatoms. The Hall–Kier alpha value is -1.15. The van der Waals surface area contributed by atoms with Crippen molar-refractivity contribution in [1.82, 2.24) is 4.90 Å². The molecule has 1 rings (SSSR count). The van der Waals surface area contributed by atoms with Gasteiger partial charge in [-0.1, -0.05) is 0 Å². The van der Waals surface area contributed by atoms with Crippen LogP contribution in [0.4, 0.5) is 4.79 Å². The van der Waals surface area contributed by atoms with Crippen LogP contribution in [0.25, 0.3) is 0 Å². The molecule has 1 aliphatic heterocycles. The van der Waals surface area contributed by atoms with Gasteiger partial charge in [0, 0.05) is 13.1 Å². The van der Waals surface area contributed by atoms with Crippen molar-refractivity contribution in [2.24, 2.45) is 11.8 Å². The van der Waals surface area contributed by atoms with Crippen LogP contribution in [0.3, 0.4) is 0 Å². The molecular formula is C18H34NO8P. The van der Waals surface area contributed by atoms with Crippen molar-refractivity contribution in [3.63, 3.8) is 0 Å². The van der Waals surface area contributed by atoms with Gasteiger partial charge in [0.2, 0.25) is 0 Å². The van der Waals surface area contributed by atoms with E-state index in [1.54, 1.807) is 41.5 Å². The molecule has 0 N–H and O–H groups in total. The fraction of sp³-hybridized carbons (Fsp3) is 0.889. The first-order chi connectivity index (χ1) is 13.0. The Morgan fingerprint density at radius 2 is 1.64 bits per heavy atom. The Morgan fingerprint density at radius 3 is 2.14 bits per heavy atom. The zero-order valence-electron chi connectivity index (χ0n) is 17.8. The first kappa shape index (κ1) is 24.9. The van der Waals surface area contributed by atoms with Crippen LogP contribution in [-0.4, -0.2) is 62.1 Å². The molecule has 1 saturated heterocycles. The fourth-order valence-corrected chi connectivity index (χ4v) is 4.05. The predicted molar refractivity (Wildman–Crippen MR) is 103 cm³/mol. The summed E-state index contributed by atoms with van der Waals surface area (Å²) in [6.07, 6.45) is -0.00323. The number of esters is 1. The van der Waals surface area contributed by atoms with Crippen molar-refractivity contribution in [1.29, 1.82) is 0 Å². The summed E-state index contributed by atoms with van der Waals surface area (Å²) in [5.41, 5.74) is -0.627. The first-order valence-electron chi connectivity index (χ1n) is 9.73. The number of piperidine rings is 1. The van der Waals surface area contributed by atoms with Gasteiger partial charge >= 0.3 is 19.9 Å². The highest BCUT2D eigenvalue weighted by Gasteiger charge is 2.40. The maximum Gasteiger partial charge on any atom is 0.474 e. The van der Waals surface area contributed by atoms with Gasteiger partial charge in [-0.05, 0) is 53.9 Å². The predicted octanol–water partition coefficient (Wildman–Crippen LogP) is 3.62. The lowest BCUT2D eigenvalue weighted by Gasteiger charge is -2.37. The molecular weight excluding hydrogens is 389 g/mol. The number of hydrogen-bond donors (Lipinski definition) is 0. The van der Waals surface area contributed by atoms with E-state index in [1.807, 2.05) is 0 Å². The van der Waals surface area contributed by atoms with E-state index in [4.69, 9.17) is 23.0 Å². The molecule has 0 aromatic carbocycles.